The Morgan fingerprint density at radius 2 is 2.29 bits per heavy atom. The number of benzene rings is 1. The average molecular weight is 192 g/mol. The molecule has 1 aromatic rings. The molecule has 0 bridgehead atoms. The number of methoxy groups -OCH3 is 1. The molecule has 76 valence electrons. The zero-order valence-electron chi connectivity index (χ0n) is 8.63. The molecule has 1 aromatic carbocycles. The van der Waals surface area contributed by atoms with E-state index in [-0.39, 0.29) is 0 Å². The molecule has 1 heterocycles. The van der Waals surface area contributed by atoms with Crippen molar-refractivity contribution in [2.45, 2.75) is 19.4 Å². The summed E-state index contributed by atoms with van der Waals surface area (Å²) in [5.74, 6) is 0.777. The van der Waals surface area contributed by atoms with Gasteiger partial charge in [-0.25, -0.2) is 0 Å². The molecule has 0 amide bonds. The van der Waals surface area contributed by atoms with Crippen LogP contribution in [0.4, 0.5) is 5.69 Å². The van der Waals surface area contributed by atoms with E-state index in [4.69, 9.17) is 10.5 Å². The molecule has 0 aliphatic carbocycles. The zero-order valence-corrected chi connectivity index (χ0v) is 8.63. The Bertz CT molecular complexity index is 349. The van der Waals surface area contributed by atoms with Crippen LogP contribution < -0.4 is 15.8 Å². The van der Waals surface area contributed by atoms with Crippen molar-refractivity contribution >= 4 is 5.69 Å². The summed E-state index contributed by atoms with van der Waals surface area (Å²) in [6, 6.07) is 4.39. The van der Waals surface area contributed by atoms with Gasteiger partial charge in [-0.15, -0.1) is 0 Å². The van der Waals surface area contributed by atoms with Crippen molar-refractivity contribution in [1.29, 1.82) is 0 Å². The minimum Gasteiger partial charge on any atom is -0.495 e. The zero-order chi connectivity index (χ0) is 10.1. The summed E-state index contributed by atoms with van der Waals surface area (Å²) in [7, 11) is 1.65. The average Bonchev–Trinajstić information content (AvgIpc) is 2.18. The highest BCUT2D eigenvalue weighted by atomic mass is 16.5. The van der Waals surface area contributed by atoms with Gasteiger partial charge in [0, 0.05) is 6.04 Å². The highest BCUT2D eigenvalue weighted by molar-refractivity contribution is 5.63. The van der Waals surface area contributed by atoms with Crippen LogP contribution in [0, 0.1) is 0 Å². The molecule has 0 spiro atoms. The third-order valence-corrected chi connectivity index (χ3v) is 2.84. The molecule has 3 heteroatoms. The van der Waals surface area contributed by atoms with E-state index in [1.54, 1.807) is 7.11 Å². The SMILES string of the molecule is COc1ccc2c(c1N)C(C)NCC2. The predicted octanol–water partition coefficient (Wildman–Crippen LogP) is 1.48. The summed E-state index contributed by atoms with van der Waals surface area (Å²) in [4.78, 5) is 0. The summed E-state index contributed by atoms with van der Waals surface area (Å²) < 4.78 is 5.21. The second-order valence-corrected chi connectivity index (χ2v) is 3.68. The van der Waals surface area contributed by atoms with Crippen molar-refractivity contribution in [3.8, 4) is 5.75 Å². The van der Waals surface area contributed by atoms with Gasteiger partial charge in [0.25, 0.3) is 0 Å². The lowest BCUT2D eigenvalue weighted by Gasteiger charge is -2.26. The third-order valence-electron chi connectivity index (χ3n) is 2.84. The first-order valence-corrected chi connectivity index (χ1v) is 4.92. The summed E-state index contributed by atoms with van der Waals surface area (Å²) >= 11 is 0. The fourth-order valence-electron chi connectivity index (χ4n) is 2.09. The van der Waals surface area contributed by atoms with Crippen LogP contribution in [-0.4, -0.2) is 13.7 Å². The van der Waals surface area contributed by atoms with Crippen LogP contribution in [0.25, 0.3) is 0 Å². The summed E-state index contributed by atoms with van der Waals surface area (Å²) in [5, 5.41) is 3.39. The van der Waals surface area contributed by atoms with E-state index in [1.165, 1.54) is 11.1 Å². The molecule has 3 N–H and O–H groups in total. The number of hydrogen-bond acceptors (Lipinski definition) is 3. The van der Waals surface area contributed by atoms with Crippen molar-refractivity contribution in [3.63, 3.8) is 0 Å². The van der Waals surface area contributed by atoms with Crippen molar-refractivity contribution in [2.24, 2.45) is 0 Å². The fraction of sp³-hybridized carbons (Fsp3) is 0.455. The normalized spacial score (nSPS) is 20.3. The number of nitrogens with two attached hydrogens (primary N) is 1. The number of rotatable bonds is 1. The lowest BCUT2D eigenvalue weighted by Crippen LogP contribution is -2.28. The number of fused-ring (bicyclic) bond motifs is 1. The molecule has 1 unspecified atom stereocenters. The molecule has 0 radical (unpaired) electrons. The maximum absolute atomic E-state index is 6.04. The maximum Gasteiger partial charge on any atom is 0.142 e. The predicted molar refractivity (Wildman–Crippen MR) is 57.5 cm³/mol. The minimum absolute atomic E-state index is 0.328. The van der Waals surface area contributed by atoms with Gasteiger partial charge in [0.2, 0.25) is 0 Å². The van der Waals surface area contributed by atoms with Gasteiger partial charge in [-0.2, -0.15) is 0 Å². The molecule has 0 saturated heterocycles. The second-order valence-electron chi connectivity index (χ2n) is 3.68. The number of anilines is 1. The summed E-state index contributed by atoms with van der Waals surface area (Å²) in [5.41, 5.74) is 9.37. The van der Waals surface area contributed by atoms with Gasteiger partial charge >= 0.3 is 0 Å². The Balaban J connectivity index is 2.54. The number of hydrogen-bond donors (Lipinski definition) is 2. The van der Waals surface area contributed by atoms with E-state index in [0.717, 1.165) is 24.4 Å². The van der Waals surface area contributed by atoms with E-state index in [2.05, 4.69) is 18.3 Å². The largest absolute Gasteiger partial charge is 0.495 e. The Labute approximate surface area is 84.3 Å². The Morgan fingerprint density at radius 1 is 1.50 bits per heavy atom. The Hall–Kier alpha value is -1.22. The molecular formula is C11H16N2O. The highest BCUT2D eigenvalue weighted by Gasteiger charge is 2.20. The van der Waals surface area contributed by atoms with Crippen LogP contribution in [0.1, 0.15) is 24.1 Å². The smallest absolute Gasteiger partial charge is 0.142 e. The maximum atomic E-state index is 6.04. The third kappa shape index (κ3) is 1.34. The highest BCUT2D eigenvalue weighted by Crippen LogP contribution is 2.34. The Morgan fingerprint density at radius 3 is 3.00 bits per heavy atom. The molecule has 1 atom stereocenters. The second kappa shape index (κ2) is 3.50. The molecule has 2 rings (SSSR count). The quantitative estimate of drug-likeness (QED) is 0.663. The number of ether oxygens (including phenoxy) is 1. The fourth-order valence-corrected chi connectivity index (χ4v) is 2.09. The van der Waals surface area contributed by atoms with E-state index in [0.29, 0.717) is 6.04 Å². The first-order valence-electron chi connectivity index (χ1n) is 4.92. The van der Waals surface area contributed by atoms with Gasteiger partial charge in [-0.05, 0) is 37.1 Å². The molecule has 0 fully saturated rings. The number of nitrogens with one attached hydrogen (secondary N) is 1. The van der Waals surface area contributed by atoms with Gasteiger partial charge in [0.05, 0.1) is 12.8 Å². The van der Waals surface area contributed by atoms with E-state index in [1.807, 2.05) is 6.07 Å². The van der Waals surface area contributed by atoms with Crippen LogP contribution in [-0.2, 0) is 6.42 Å². The van der Waals surface area contributed by atoms with Crippen molar-refractivity contribution in [2.75, 3.05) is 19.4 Å². The van der Waals surface area contributed by atoms with Crippen LogP contribution in [0.15, 0.2) is 12.1 Å². The van der Waals surface area contributed by atoms with Crippen LogP contribution in [0.5, 0.6) is 5.75 Å². The minimum atomic E-state index is 0.328. The lowest BCUT2D eigenvalue weighted by molar-refractivity contribution is 0.414. The van der Waals surface area contributed by atoms with E-state index >= 15 is 0 Å². The Kier molecular flexibility index (Phi) is 2.33. The first kappa shape index (κ1) is 9.34. The molecule has 3 nitrogen and oxygen atoms in total. The topological polar surface area (TPSA) is 47.3 Å². The molecular weight excluding hydrogens is 176 g/mol. The molecule has 0 saturated carbocycles. The van der Waals surface area contributed by atoms with Crippen molar-refractivity contribution in [3.05, 3.63) is 23.3 Å². The standard InChI is InChI=1S/C11H16N2O/c1-7-10-8(5-6-13-7)3-4-9(14-2)11(10)12/h3-4,7,13H,5-6,12H2,1-2H3. The molecule has 14 heavy (non-hydrogen) atoms. The lowest BCUT2D eigenvalue weighted by atomic mass is 9.93. The van der Waals surface area contributed by atoms with Gasteiger partial charge in [-0.1, -0.05) is 6.07 Å². The van der Waals surface area contributed by atoms with Gasteiger partial charge in [0.15, 0.2) is 0 Å². The van der Waals surface area contributed by atoms with E-state index < -0.39 is 0 Å². The number of nitrogen functional groups attached to an aromatic ring is 1. The van der Waals surface area contributed by atoms with Gasteiger partial charge < -0.3 is 15.8 Å². The van der Waals surface area contributed by atoms with Crippen molar-refractivity contribution in [1.82, 2.24) is 5.32 Å². The monoisotopic (exact) mass is 192 g/mol. The van der Waals surface area contributed by atoms with E-state index in [9.17, 15) is 0 Å². The van der Waals surface area contributed by atoms with Gasteiger partial charge in [-0.3, -0.25) is 0 Å². The van der Waals surface area contributed by atoms with Gasteiger partial charge in [0.1, 0.15) is 5.75 Å². The summed E-state index contributed by atoms with van der Waals surface area (Å²) in [6.45, 7) is 3.16. The molecule has 1 aliphatic heterocycles. The molecule has 1 aliphatic rings. The first-order chi connectivity index (χ1) is 6.74. The van der Waals surface area contributed by atoms with Crippen LogP contribution >= 0.6 is 0 Å². The van der Waals surface area contributed by atoms with Crippen molar-refractivity contribution < 1.29 is 4.74 Å². The summed E-state index contributed by atoms with van der Waals surface area (Å²) in [6.07, 6.45) is 1.05. The molecule has 0 aromatic heterocycles. The van der Waals surface area contributed by atoms with Crippen LogP contribution in [0.2, 0.25) is 0 Å². The van der Waals surface area contributed by atoms with Crippen LogP contribution in [0.3, 0.4) is 0 Å².